The minimum atomic E-state index is -0.190. The SMILES string of the molecule is O=C(NCCc1c[nH]c2ccccc12)[C@@H]1CCCN(c2c(-c3ccccc3)c3cc(Cl)ccc3[nH]c2=O)C1. The van der Waals surface area contributed by atoms with Gasteiger partial charge in [0.05, 0.1) is 5.92 Å². The molecule has 0 unspecified atom stereocenters. The van der Waals surface area contributed by atoms with Crippen LogP contribution < -0.4 is 15.8 Å². The highest BCUT2D eigenvalue weighted by Crippen LogP contribution is 2.37. The third kappa shape index (κ3) is 4.68. The number of nitrogens with zero attached hydrogens (tertiary/aromatic N) is 1. The monoisotopic (exact) mass is 524 g/mol. The Morgan fingerprint density at radius 1 is 1.00 bits per heavy atom. The molecule has 3 aromatic carbocycles. The number of aromatic nitrogens is 2. The van der Waals surface area contributed by atoms with E-state index in [1.165, 1.54) is 10.9 Å². The van der Waals surface area contributed by atoms with E-state index in [4.69, 9.17) is 11.6 Å². The fraction of sp³-hybridized carbons (Fsp3) is 0.226. The van der Waals surface area contributed by atoms with Gasteiger partial charge in [-0.15, -0.1) is 0 Å². The Balaban J connectivity index is 1.25. The summed E-state index contributed by atoms with van der Waals surface area (Å²) in [6.07, 6.45) is 4.41. The van der Waals surface area contributed by atoms with Gasteiger partial charge in [-0.25, -0.2) is 0 Å². The van der Waals surface area contributed by atoms with Crippen LogP contribution in [0.4, 0.5) is 5.69 Å². The molecule has 3 heterocycles. The highest BCUT2D eigenvalue weighted by molar-refractivity contribution is 6.31. The van der Waals surface area contributed by atoms with E-state index in [0.717, 1.165) is 46.8 Å². The van der Waals surface area contributed by atoms with Crippen molar-refractivity contribution in [2.24, 2.45) is 5.92 Å². The van der Waals surface area contributed by atoms with Crippen molar-refractivity contribution < 1.29 is 4.79 Å². The number of amides is 1. The molecule has 2 aromatic heterocycles. The first kappa shape index (κ1) is 24.3. The molecule has 192 valence electrons. The molecule has 1 saturated heterocycles. The van der Waals surface area contributed by atoms with Crippen LogP contribution in [0.5, 0.6) is 0 Å². The van der Waals surface area contributed by atoms with Gasteiger partial charge in [0.15, 0.2) is 0 Å². The molecule has 1 aliphatic heterocycles. The van der Waals surface area contributed by atoms with E-state index >= 15 is 0 Å². The van der Waals surface area contributed by atoms with E-state index in [0.29, 0.717) is 30.3 Å². The molecule has 0 bridgehead atoms. The van der Waals surface area contributed by atoms with Gasteiger partial charge in [0.25, 0.3) is 5.56 Å². The summed E-state index contributed by atoms with van der Waals surface area (Å²) >= 11 is 6.38. The lowest BCUT2D eigenvalue weighted by Gasteiger charge is -2.34. The third-order valence-corrected chi connectivity index (χ3v) is 7.73. The van der Waals surface area contributed by atoms with Crippen molar-refractivity contribution in [2.75, 3.05) is 24.5 Å². The number of benzene rings is 3. The molecule has 7 heteroatoms. The van der Waals surface area contributed by atoms with Crippen LogP contribution in [0.1, 0.15) is 18.4 Å². The largest absolute Gasteiger partial charge is 0.366 e. The minimum Gasteiger partial charge on any atom is -0.366 e. The van der Waals surface area contributed by atoms with Crippen molar-refractivity contribution in [1.29, 1.82) is 0 Å². The first-order valence-corrected chi connectivity index (χ1v) is 13.4. The van der Waals surface area contributed by atoms with Crippen LogP contribution in [0, 0.1) is 5.92 Å². The predicted octanol–water partition coefficient (Wildman–Crippen LogP) is 5.91. The summed E-state index contributed by atoms with van der Waals surface area (Å²) in [7, 11) is 0. The van der Waals surface area contributed by atoms with Gasteiger partial charge in [0.2, 0.25) is 5.91 Å². The van der Waals surface area contributed by atoms with E-state index in [1.807, 2.05) is 60.8 Å². The van der Waals surface area contributed by atoms with E-state index in [2.05, 4.69) is 32.3 Å². The van der Waals surface area contributed by atoms with E-state index in [1.54, 1.807) is 6.07 Å². The quantitative estimate of drug-likeness (QED) is 0.258. The Morgan fingerprint density at radius 2 is 1.82 bits per heavy atom. The van der Waals surface area contributed by atoms with Gasteiger partial charge in [-0.2, -0.15) is 0 Å². The number of hydrogen-bond donors (Lipinski definition) is 3. The molecule has 38 heavy (non-hydrogen) atoms. The lowest BCUT2D eigenvalue weighted by Crippen LogP contribution is -2.45. The number of hydrogen-bond acceptors (Lipinski definition) is 3. The number of rotatable bonds is 6. The number of carbonyl (C=O) groups is 1. The second kappa shape index (κ2) is 10.4. The molecule has 6 nitrogen and oxygen atoms in total. The predicted molar refractivity (Wildman–Crippen MR) is 155 cm³/mol. The second-order valence-corrected chi connectivity index (χ2v) is 10.4. The van der Waals surface area contributed by atoms with Gasteiger partial charge in [-0.05, 0) is 54.7 Å². The maximum absolute atomic E-state index is 13.5. The van der Waals surface area contributed by atoms with Gasteiger partial charge in [-0.1, -0.05) is 60.1 Å². The van der Waals surface area contributed by atoms with Crippen molar-refractivity contribution in [3.8, 4) is 11.1 Å². The Morgan fingerprint density at radius 3 is 2.68 bits per heavy atom. The number of pyridine rings is 1. The number of fused-ring (bicyclic) bond motifs is 2. The van der Waals surface area contributed by atoms with Gasteiger partial charge < -0.3 is 20.2 Å². The molecule has 0 aliphatic carbocycles. The molecule has 1 aliphatic rings. The van der Waals surface area contributed by atoms with Gasteiger partial charge >= 0.3 is 0 Å². The molecule has 3 N–H and O–H groups in total. The minimum absolute atomic E-state index is 0.0380. The summed E-state index contributed by atoms with van der Waals surface area (Å²) in [5, 5.41) is 5.83. The molecule has 5 aromatic rings. The number of nitrogens with one attached hydrogen (secondary N) is 3. The maximum atomic E-state index is 13.5. The Kier molecular flexibility index (Phi) is 6.64. The Labute approximate surface area is 225 Å². The summed E-state index contributed by atoms with van der Waals surface area (Å²) < 4.78 is 0. The molecule has 1 amide bonds. The molecular formula is C31H29ClN4O2. The Bertz CT molecular complexity index is 1670. The molecule has 1 fully saturated rings. The smallest absolute Gasteiger partial charge is 0.272 e. The average molecular weight is 525 g/mol. The molecule has 0 spiro atoms. The van der Waals surface area contributed by atoms with Crippen LogP contribution in [-0.2, 0) is 11.2 Å². The first-order valence-electron chi connectivity index (χ1n) is 13.1. The summed E-state index contributed by atoms with van der Waals surface area (Å²) in [6, 6.07) is 23.6. The zero-order valence-corrected chi connectivity index (χ0v) is 21.7. The van der Waals surface area contributed by atoms with Crippen LogP contribution in [0.3, 0.4) is 0 Å². The summed E-state index contributed by atoms with van der Waals surface area (Å²) in [5.41, 5.74) is 5.29. The lowest BCUT2D eigenvalue weighted by molar-refractivity contribution is -0.125. The van der Waals surface area contributed by atoms with Gasteiger partial charge in [0, 0.05) is 58.2 Å². The Hall–Kier alpha value is -4.03. The number of halogens is 1. The summed E-state index contributed by atoms with van der Waals surface area (Å²) in [6.45, 7) is 1.78. The van der Waals surface area contributed by atoms with Crippen LogP contribution >= 0.6 is 11.6 Å². The van der Waals surface area contributed by atoms with Crippen molar-refractivity contribution in [1.82, 2.24) is 15.3 Å². The zero-order chi connectivity index (χ0) is 26.1. The fourth-order valence-electron chi connectivity index (χ4n) is 5.65. The normalized spacial score (nSPS) is 15.7. The number of H-pyrrole nitrogens is 2. The van der Waals surface area contributed by atoms with E-state index < -0.39 is 0 Å². The summed E-state index contributed by atoms with van der Waals surface area (Å²) in [4.78, 5) is 35.1. The summed E-state index contributed by atoms with van der Waals surface area (Å²) in [5.74, 6) is -0.152. The molecule has 0 saturated carbocycles. The van der Waals surface area contributed by atoms with Crippen molar-refractivity contribution in [2.45, 2.75) is 19.3 Å². The van der Waals surface area contributed by atoms with Crippen LogP contribution in [0.25, 0.3) is 32.9 Å². The van der Waals surface area contributed by atoms with Crippen molar-refractivity contribution in [3.63, 3.8) is 0 Å². The molecule has 0 radical (unpaired) electrons. The average Bonchev–Trinajstić information content (AvgIpc) is 3.36. The topological polar surface area (TPSA) is 81.0 Å². The van der Waals surface area contributed by atoms with Gasteiger partial charge in [-0.3, -0.25) is 9.59 Å². The van der Waals surface area contributed by atoms with Crippen LogP contribution in [0.15, 0.2) is 83.8 Å². The van der Waals surface area contributed by atoms with Crippen LogP contribution in [0.2, 0.25) is 5.02 Å². The highest BCUT2D eigenvalue weighted by Gasteiger charge is 2.29. The first-order chi connectivity index (χ1) is 18.6. The van der Waals surface area contributed by atoms with Crippen molar-refractivity contribution >= 4 is 45.0 Å². The van der Waals surface area contributed by atoms with Crippen LogP contribution in [-0.4, -0.2) is 35.5 Å². The maximum Gasteiger partial charge on any atom is 0.272 e. The van der Waals surface area contributed by atoms with E-state index in [-0.39, 0.29) is 17.4 Å². The number of para-hydroxylation sites is 1. The zero-order valence-electron chi connectivity index (χ0n) is 21.0. The highest BCUT2D eigenvalue weighted by atomic mass is 35.5. The third-order valence-electron chi connectivity index (χ3n) is 7.49. The fourth-order valence-corrected chi connectivity index (χ4v) is 5.82. The number of carbonyl (C=O) groups excluding carboxylic acids is 1. The van der Waals surface area contributed by atoms with Crippen molar-refractivity contribution in [3.05, 3.63) is 99.9 Å². The lowest BCUT2D eigenvalue weighted by atomic mass is 9.94. The number of anilines is 1. The number of aromatic amines is 2. The standard InChI is InChI=1S/C31H29ClN4O2/c32-23-12-13-27-25(17-23)28(20-7-2-1-3-8-20)29(31(38)35-27)36-16-6-9-22(19-36)30(37)33-15-14-21-18-34-26-11-5-4-10-24(21)26/h1-5,7-8,10-13,17-18,22,34H,6,9,14-16,19H2,(H,33,37)(H,35,38)/t22-/m1/s1. The number of piperidine rings is 1. The molecule has 1 atom stereocenters. The second-order valence-electron chi connectivity index (χ2n) is 9.92. The van der Waals surface area contributed by atoms with Gasteiger partial charge in [0.1, 0.15) is 5.69 Å². The molecular weight excluding hydrogens is 496 g/mol. The van der Waals surface area contributed by atoms with E-state index in [9.17, 15) is 9.59 Å². The molecule has 6 rings (SSSR count).